The van der Waals surface area contributed by atoms with Gasteiger partial charge in [-0.3, -0.25) is 4.99 Å². The van der Waals surface area contributed by atoms with Crippen molar-refractivity contribution in [3.63, 3.8) is 0 Å². The average Bonchev–Trinajstić information content (AvgIpc) is 2.92. The predicted octanol–water partition coefficient (Wildman–Crippen LogP) is 3.14. The molecule has 2 rings (SSSR count). The van der Waals surface area contributed by atoms with Gasteiger partial charge in [0.2, 0.25) is 0 Å². The van der Waals surface area contributed by atoms with Crippen molar-refractivity contribution in [1.82, 2.24) is 5.32 Å². The van der Waals surface area contributed by atoms with Crippen LogP contribution < -0.4 is 11.1 Å². The first kappa shape index (κ1) is 16.1. The van der Waals surface area contributed by atoms with Crippen molar-refractivity contribution in [1.29, 1.82) is 0 Å². The van der Waals surface area contributed by atoms with Gasteiger partial charge >= 0.3 is 0 Å². The first-order valence-electron chi connectivity index (χ1n) is 7.13. The lowest BCUT2D eigenvalue weighted by atomic mass is 9.85. The maximum Gasteiger partial charge on any atom is 0.188 e. The smallest absolute Gasteiger partial charge is 0.188 e. The molecular formula is C14H28IN3. The molecule has 4 heteroatoms. The van der Waals surface area contributed by atoms with Crippen LogP contribution in [0.4, 0.5) is 0 Å². The summed E-state index contributed by atoms with van der Waals surface area (Å²) >= 11 is 0. The van der Waals surface area contributed by atoms with Gasteiger partial charge in [0.25, 0.3) is 0 Å². The summed E-state index contributed by atoms with van der Waals surface area (Å²) < 4.78 is 0. The molecule has 106 valence electrons. The third kappa shape index (κ3) is 4.94. The van der Waals surface area contributed by atoms with Gasteiger partial charge in [-0.15, -0.1) is 24.0 Å². The summed E-state index contributed by atoms with van der Waals surface area (Å²) in [7, 11) is 0. The SMILES string of the molecule is CC(C)CC1(CN=C(N)NCC2CCC2)CC1.I. The average molecular weight is 365 g/mol. The Bertz CT molecular complexity index is 281. The van der Waals surface area contributed by atoms with E-state index in [4.69, 9.17) is 5.73 Å². The standard InChI is InChI=1S/C14H27N3.HI/c1-11(2)8-14(6-7-14)10-17-13(15)16-9-12-4-3-5-12;/h11-12H,3-10H2,1-2H3,(H3,15,16,17);1H. The summed E-state index contributed by atoms with van der Waals surface area (Å²) in [5, 5.41) is 3.27. The number of nitrogens with zero attached hydrogens (tertiary/aromatic N) is 1. The Kier molecular flexibility index (Phi) is 6.21. The number of nitrogens with one attached hydrogen (secondary N) is 1. The van der Waals surface area contributed by atoms with Crippen LogP contribution in [0, 0.1) is 17.3 Å². The first-order chi connectivity index (χ1) is 8.10. The lowest BCUT2D eigenvalue weighted by Crippen LogP contribution is -2.37. The number of halogens is 1. The van der Waals surface area contributed by atoms with Crippen LogP contribution >= 0.6 is 24.0 Å². The van der Waals surface area contributed by atoms with E-state index in [0.29, 0.717) is 11.4 Å². The molecular weight excluding hydrogens is 337 g/mol. The predicted molar refractivity (Wildman–Crippen MR) is 88.4 cm³/mol. The van der Waals surface area contributed by atoms with E-state index in [1.807, 2.05) is 0 Å². The zero-order valence-corrected chi connectivity index (χ0v) is 14.1. The van der Waals surface area contributed by atoms with Gasteiger partial charge in [-0.2, -0.15) is 0 Å². The topological polar surface area (TPSA) is 50.4 Å². The largest absolute Gasteiger partial charge is 0.370 e. The van der Waals surface area contributed by atoms with E-state index in [-0.39, 0.29) is 24.0 Å². The van der Waals surface area contributed by atoms with Crippen LogP contribution in [0.25, 0.3) is 0 Å². The highest BCUT2D eigenvalue weighted by atomic mass is 127. The molecule has 0 atom stereocenters. The van der Waals surface area contributed by atoms with Crippen LogP contribution in [0.2, 0.25) is 0 Å². The molecule has 0 amide bonds. The van der Waals surface area contributed by atoms with Crippen LogP contribution in [-0.4, -0.2) is 19.0 Å². The Morgan fingerprint density at radius 2 is 2.06 bits per heavy atom. The van der Waals surface area contributed by atoms with Gasteiger partial charge in [-0.25, -0.2) is 0 Å². The second-order valence-electron chi connectivity index (χ2n) is 6.48. The number of nitrogens with two attached hydrogens (primary N) is 1. The van der Waals surface area contributed by atoms with Crippen molar-refractivity contribution in [2.24, 2.45) is 28.0 Å². The molecule has 2 fully saturated rings. The zero-order valence-electron chi connectivity index (χ0n) is 11.7. The zero-order chi connectivity index (χ0) is 12.3. The third-order valence-electron chi connectivity index (χ3n) is 4.18. The fraction of sp³-hybridized carbons (Fsp3) is 0.929. The lowest BCUT2D eigenvalue weighted by Gasteiger charge is -2.25. The first-order valence-corrected chi connectivity index (χ1v) is 7.13. The molecule has 0 radical (unpaired) electrons. The summed E-state index contributed by atoms with van der Waals surface area (Å²) in [5.41, 5.74) is 6.40. The summed E-state index contributed by atoms with van der Waals surface area (Å²) in [5.74, 6) is 2.28. The molecule has 0 bridgehead atoms. The lowest BCUT2D eigenvalue weighted by molar-refractivity contribution is 0.315. The number of guanidine groups is 1. The van der Waals surface area contributed by atoms with Crippen LogP contribution in [0.1, 0.15) is 52.4 Å². The fourth-order valence-corrected chi connectivity index (χ4v) is 2.72. The van der Waals surface area contributed by atoms with E-state index in [9.17, 15) is 0 Å². The van der Waals surface area contributed by atoms with E-state index in [0.717, 1.165) is 24.9 Å². The number of hydrogen-bond donors (Lipinski definition) is 2. The molecule has 0 aromatic heterocycles. The molecule has 0 spiro atoms. The van der Waals surface area contributed by atoms with E-state index >= 15 is 0 Å². The van der Waals surface area contributed by atoms with Crippen LogP contribution in [-0.2, 0) is 0 Å². The van der Waals surface area contributed by atoms with Gasteiger partial charge in [0.1, 0.15) is 0 Å². The van der Waals surface area contributed by atoms with Crippen molar-refractivity contribution in [2.45, 2.75) is 52.4 Å². The normalized spacial score (nSPS) is 22.3. The van der Waals surface area contributed by atoms with Gasteiger partial charge in [-0.1, -0.05) is 20.3 Å². The molecule has 2 aliphatic carbocycles. The van der Waals surface area contributed by atoms with E-state index in [2.05, 4.69) is 24.2 Å². The van der Waals surface area contributed by atoms with Gasteiger partial charge in [-0.05, 0) is 49.4 Å². The van der Waals surface area contributed by atoms with Gasteiger partial charge in [0.05, 0.1) is 0 Å². The van der Waals surface area contributed by atoms with Crippen LogP contribution in [0.15, 0.2) is 4.99 Å². The summed E-state index contributed by atoms with van der Waals surface area (Å²) in [6.07, 6.45) is 8.08. The molecule has 0 heterocycles. The van der Waals surface area contributed by atoms with E-state index < -0.39 is 0 Å². The van der Waals surface area contributed by atoms with Gasteiger partial charge in [0, 0.05) is 13.1 Å². The molecule has 0 aromatic rings. The molecule has 3 N–H and O–H groups in total. The number of aliphatic imine (C=N–C) groups is 1. The maximum atomic E-state index is 5.91. The second-order valence-corrected chi connectivity index (χ2v) is 6.48. The molecule has 0 aliphatic heterocycles. The highest BCUT2D eigenvalue weighted by Crippen LogP contribution is 2.50. The van der Waals surface area contributed by atoms with Crippen LogP contribution in [0.5, 0.6) is 0 Å². The Morgan fingerprint density at radius 1 is 1.39 bits per heavy atom. The van der Waals surface area contributed by atoms with Crippen LogP contribution in [0.3, 0.4) is 0 Å². The molecule has 0 aromatic carbocycles. The summed E-state index contributed by atoms with van der Waals surface area (Å²) in [6, 6.07) is 0. The van der Waals surface area contributed by atoms with Crippen molar-refractivity contribution >= 4 is 29.9 Å². The quantitative estimate of drug-likeness (QED) is 0.432. The van der Waals surface area contributed by atoms with E-state index in [1.54, 1.807) is 0 Å². The van der Waals surface area contributed by atoms with Crippen molar-refractivity contribution in [2.75, 3.05) is 13.1 Å². The minimum atomic E-state index is 0. The molecule has 2 aliphatic rings. The Morgan fingerprint density at radius 3 is 2.50 bits per heavy atom. The van der Waals surface area contributed by atoms with Crippen molar-refractivity contribution in [3.05, 3.63) is 0 Å². The Balaban J connectivity index is 0.00000162. The monoisotopic (exact) mass is 365 g/mol. The number of rotatable bonds is 6. The minimum Gasteiger partial charge on any atom is -0.370 e. The second kappa shape index (κ2) is 6.96. The highest BCUT2D eigenvalue weighted by molar-refractivity contribution is 14.0. The molecule has 2 saturated carbocycles. The summed E-state index contributed by atoms with van der Waals surface area (Å²) in [6.45, 7) is 6.53. The molecule has 0 unspecified atom stereocenters. The third-order valence-corrected chi connectivity index (χ3v) is 4.18. The minimum absolute atomic E-state index is 0. The molecule has 3 nitrogen and oxygen atoms in total. The van der Waals surface area contributed by atoms with Crippen molar-refractivity contribution < 1.29 is 0 Å². The maximum absolute atomic E-state index is 5.91. The van der Waals surface area contributed by atoms with Gasteiger partial charge < -0.3 is 11.1 Å². The molecule has 18 heavy (non-hydrogen) atoms. The van der Waals surface area contributed by atoms with Gasteiger partial charge in [0.15, 0.2) is 5.96 Å². The van der Waals surface area contributed by atoms with Crippen molar-refractivity contribution in [3.8, 4) is 0 Å². The highest BCUT2D eigenvalue weighted by Gasteiger charge is 2.42. The van der Waals surface area contributed by atoms with E-state index in [1.165, 1.54) is 38.5 Å². The molecule has 0 saturated heterocycles. The fourth-order valence-electron chi connectivity index (χ4n) is 2.72. The number of hydrogen-bond acceptors (Lipinski definition) is 1. The summed E-state index contributed by atoms with van der Waals surface area (Å²) in [4.78, 5) is 4.53. The Labute approximate surface area is 128 Å². The Hall–Kier alpha value is 0.